The number of hydrogen-bond acceptors (Lipinski definition) is 3. The van der Waals surface area contributed by atoms with Crippen molar-refractivity contribution in [2.75, 3.05) is 11.9 Å². The van der Waals surface area contributed by atoms with E-state index in [-0.39, 0.29) is 0 Å². The average Bonchev–Trinajstić information content (AvgIpc) is 2.58. The van der Waals surface area contributed by atoms with Crippen LogP contribution in [0.15, 0.2) is 12.1 Å². The van der Waals surface area contributed by atoms with Crippen molar-refractivity contribution < 1.29 is 0 Å². The van der Waals surface area contributed by atoms with Gasteiger partial charge in [-0.1, -0.05) is 25.4 Å². The molecule has 1 aromatic heterocycles. The molecule has 0 amide bonds. The van der Waals surface area contributed by atoms with Gasteiger partial charge >= 0.3 is 0 Å². The third kappa shape index (κ3) is 2.45. The number of fused-ring (bicyclic) bond motifs is 2. The maximum Gasteiger partial charge on any atom is 0.151 e. The van der Waals surface area contributed by atoms with Gasteiger partial charge < -0.3 is 4.90 Å². The molecule has 104 valence electrons. The molecule has 1 aromatic rings. The first kappa shape index (κ1) is 13.2. The Labute approximate surface area is 120 Å². The van der Waals surface area contributed by atoms with Crippen LogP contribution in [-0.2, 0) is 0 Å². The van der Waals surface area contributed by atoms with Crippen LogP contribution in [0, 0.1) is 10.8 Å². The van der Waals surface area contributed by atoms with Crippen molar-refractivity contribution in [2.24, 2.45) is 10.8 Å². The van der Waals surface area contributed by atoms with Crippen LogP contribution in [-0.4, -0.2) is 23.3 Å². The molecule has 4 heteroatoms. The Balaban J connectivity index is 1.81. The summed E-state index contributed by atoms with van der Waals surface area (Å²) >= 11 is 5.81. The van der Waals surface area contributed by atoms with Gasteiger partial charge in [0.2, 0.25) is 0 Å². The molecule has 3 nitrogen and oxygen atoms in total. The quantitative estimate of drug-likeness (QED) is 0.821. The van der Waals surface area contributed by atoms with E-state index in [1.807, 2.05) is 12.1 Å². The Kier molecular flexibility index (Phi) is 3.01. The molecule has 3 atom stereocenters. The highest BCUT2D eigenvalue weighted by Gasteiger charge is 2.49. The lowest BCUT2D eigenvalue weighted by molar-refractivity contribution is 0.148. The zero-order valence-electron chi connectivity index (χ0n) is 12.0. The lowest BCUT2D eigenvalue weighted by Crippen LogP contribution is -2.42. The topological polar surface area (TPSA) is 29.0 Å². The molecule has 2 saturated carbocycles. The summed E-state index contributed by atoms with van der Waals surface area (Å²) in [7, 11) is 2.14. The number of rotatable bonds is 2. The lowest BCUT2D eigenvalue weighted by Gasteiger charge is -2.44. The van der Waals surface area contributed by atoms with Gasteiger partial charge in [0.15, 0.2) is 11.0 Å². The first-order chi connectivity index (χ1) is 8.89. The van der Waals surface area contributed by atoms with Crippen LogP contribution in [0.5, 0.6) is 0 Å². The van der Waals surface area contributed by atoms with E-state index in [1.54, 1.807) is 0 Å². The maximum absolute atomic E-state index is 5.81. The van der Waals surface area contributed by atoms with E-state index in [9.17, 15) is 0 Å². The summed E-state index contributed by atoms with van der Waals surface area (Å²) in [5, 5.41) is 8.63. The summed E-state index contributed by atoms with van der Waals surface area (Å²) in [4.78, 5) is 2.30. The molecule has 0 N–H and O–H groups in total. The first-order valence-electron chi connectivity index (χ1n) is 7.11. The summed E-state index contributed by atoms with van der Waals surface area (Å²) in [6.45, 7) is 4.90. The molecule has 1 heterocycles. The van der Waals surface area contributed by atoms with E-state index in [0.29, 0.717) is 22.0 Å². The summed E-state index contributed by atoms with van der Waals surface area (Å²) in [6.07, 6.45) is 6.67. The first-order valence-corrected chi connectivity index (χ1v) is 7.49. The van der Waals surface area contributed by atoms with Crippen molar-refractivity contribution in [3.63, 3.8) is 0 Å². The molecule has 2 fully saturated rings. The minimum Gasteiger partial charge on any atom is -0.355 e. The fourth-order valence-corrected chi connectivity index (χ4v) is 4.43. The minimum absolute atomic E-state index is 0.458. The second kappa shape index (κ2) is 4.34. The standard InChI is InChI=1S/C15H22ClN3/c1-14-6-7-15(2,10-14)9-11(8-14)19(3)13-5-4-12(16)17-18-13/h4-5,11H,6-10H2,1-3H3/t11?,14-,15?/m1/s1. The van der Waals surface area contributed by atoms with Gasteiger partial charge in [-0.2, -0.15) is 0 Å². The molecule has 2 bridgehead atoms. The van der Waals surface area contributed by atoms with Crippen LogP contribution in [0.1, 0.15) is 46.0 Å². The molecule has 0 saturated heterocycles. The van der Waals surface area contributed by atoms with Crippen molar-refractivity contribution in [1.82, 2.24) is 10.2 Å². The third-order valence-corrected chi connectivity index (χ3v) is 5.37. The van der Waals surface area contributed by atoms with Gasteiger partial charge in [-0.3, -0.25) is 0 Å². The number of aromatic nitrogens is 2. The third-order valence-electron chi connectivity index (χ3n) is 5.17. The molecule has 2 aliphatic rings. The average molecular weight is 280 g/mol. The Hall–Kier alpha value is -0.830. The molecular formula is C15H22ClN3. The van der Waals surface area contributed by atoms with Gasteiger partial charge in [0.05, 0.1) is 0 Å². The summed E-state index contributed by atoms with van der Waals surface area (Å²) in [5.41, 5.74) is 1.04. The predicted molar refractivity (Wildman–Crippen MR) is 78.5 cm³/mol. The Morgan fingerprint density at radius 2 is 1.79 bits per heavy atom. The van der Waals surface area contributed by atoms with Gasteiger partial charge in [-0.15, -0.1) is 10.2 Å². The molecule has 0 radical (unpaired) electrons. The van der Waals surface area contributed by atoms with Gasteiger partial charge in [-0.05, 0) is 55.1 Å². The monoisotopic (exact) mass is 279 g/mol. The zero-order valence-corrected chi connectivity index (χ0v) is 12.7. The van der Waals surface area contributed by atoms with E-state index in [0.717, 1.165) is 5.82 Å². The number of halogens is 1. The maximum atomic E-state index is 5.81. The largest absolute Gasteiger partial charge is 0.355 e. The lowest BCUT2D eigenvalue weighted by atomic mass is 9.68. The normalized spacial score (nSPS) is 37.4. The molecule has 0 aromatic carbocycles. The highest BCUT2D eigenvalue weighted by Crippen LogP contribution is 2.58. The van der Waals surface area contributed by atoms with Crippen molar-refractivity contribution in [2.45, 2.75) is 52.0 Å². The molecular weight excluding hydrogens is 258 g/mol. The van der Waals surface area contributed by atoms with Crippen LogP contribution in [0.25, 0.3) is 0 Å². The predicted octanol–water partition coefficient (Wildman–Crippen LogP) is 3.93. The number of nitrogens with zero attached hydrogens (tertiary/aromatic N) is 3. The molecule has 2 aliphatic carbocycles. The molecule has 19 heavy (non-hydrogen) atoms. The second-order valence-electron chi connectivity index (χ2n) is 7.19. The molecule has 0 spiro atoms. The minimum atomic E-state index is 0.458. The van der Waals surface area contributed by atoms with Crippen molar-refractivity contribution in [3.8, 4) is 0 Å². The van der Waals surface area contributed by atoms with E-state index < -0.39 is 0 Å². The summed E-state index contributed by atoms with van der Waals surface area (Å²) in [6, 6.07) is 4.36. The van der Waals surface area contributed by atoms with E-state index >= 15 is 0 Å². The van der Waals surface area contributed by atoms with Crippen molar-refractivity contribution in [1.29, 1.82) is 0 Å². The van der Waals surface area contributed by atoms with Crippen molar-refractivity contribution >= 4 is 17.4 Å². The van der Waals surface area contributed by atoms with Gasteiger partial charge in [0.25, 0.3) is 0 Å². The Morgan fingerprint density at radius 3 is 2.32 bits per heavy atom. The van der Waals surface area contributed by atoms with E-state index in [2.05, 4.69) is 36.0 Å². The van der Waals surface area contributed by atoms with Crippen LogP contribution in [0.3, 0.4) is 0 Å². The zero-order chi connectivity index (χ0) is 13.7. The highest BCUT2D eigenvalue weighted by molar-refractivity contribution is 6.29. The fourth-order valence-electron chi connectivity index (χ4n) is 4.33. The van der Waals surface area contributed by atoms with E-state index in [1.165, 1.54) is 32.1 Å². The van der Waals surface area contributed by atoms with Crippen LogP contribution in [0.2, 0.25) is 5.15 Å². The fraction of sp³-hybridized carbons (Fsp3) is 0.733. The summed E-state index contributed by atoms with van der Waals surface area (Å²) < 4.78 is 0. The van der Waals surface area contributed by atoms with Gasteiger partial charge in [-0.25, -0.2) is 0 Å². The smallest absolute Gasteiger partial charge is 0.151 e. The molecule has 0 aliphatic heterocycles. The molecule has 2 unspecified atom stereocenters. The van der Waals surface area contributed by atoms with Gasteiger partial charge in [0, 0.05) is 13.1 Å². The van der Waals surface area contributed by atoms with Crippen LogP contribution in [0.4, 0.5) is 5.82 Å². The highest BCUT2D eigenvalue weighted by atomic mass is 35.5. The SMILES string of the molecule is CN(c1ccc(Cl)nn1)C1CC2(C)CC[C@](C)(C1)C2. The van der Waals surface area contributed by atoms with Gasteiger partial charge in [0.1, 0.15) is 0 Å². The van der Waals surface area contributed by atoms with Crippen molar-refractivity contribution in [3.05, 3.63) is 17.3 Å². The number of hydrogen-bond donors (Lipinski definition) is 0. The summed E-state index contributed by atoms with van der Waals surface area (Å²) in [5.74, 6) is 0.933. The second-order valence-corrected chi connectivity index (χ2v) is 7.57. The Bertz CT molecular complexity index is 457. The van der Waals surface area contributed by atoms with Crippen LogP contribution >= 0.6 is 11.6 Å². The number of anilines is 1. The van der Waals surface area contributed by atoms with E-state index in [4.69, 9.17) is 11.6 Å². The van der Waals surface area contributed by atoms with Crippen LogP contribution < -0.4 is 4.90 Å². The molecule has 3 rings (SSSR count). The Morgan fingerprint density at radius 1 is 1.16 bits per heavy atom.